The molecule has 2 heterocycles. The van der Waals surface area contributed by atoms with E-state index >= 15 is 0 Å². The highest BCUT2D eigenvalue weighted by Gasteiger charge is 2.44. The Labute approximate surface area is 168 Å². The molecular formula is C19H26N4O4S. The van der Waals surface area contributed by atoms with Crippen molar-refractivity contribution in [2.45, 2.75) is 50.1 Å². The molecule has 0 aromatic heterocycles. The number of carbonyl (C=O) groups excluding carboxylic acids is 2. The van der Waals surface area contributed by atoms with Crippen LogP contribution in [0.25, 0.3) is 0 Å². The van der Waals surface area contributed by atoms with Crippen LogP contribution in [0.3, 0.4) is 0 Å². The highest BCUT2D eigenvalue weighted by atomic mass is 32.2. The normalized spacial score (nSPS) is 22.1. The van der Waals surface area contributed by atoms with Crippen LogP contribution in [-0.4, -0.2) is 57.4 Å². The number of nitrogens with one attached hydrogen (secondary N) is 2. The number of thioether (sulfide) groups is 1. The van der Waals surface area contributed by atoms with Gasteiger partial charge in [0.25, 0.3) is 11.6 Å². The minimum atomic E-state index is -0.494. The van der Waals surface area contributed by atoms with Crippen LogP contribution in [0.4, 0.5) is 5.69 Å². The molecule has 2 aliphatic heterocycles. The van der Waals surface area contributed by atoms with Gasteiger partial charge in [-0.2, -0.15) is 0 Å². The number of nitro benzene ring substituents is 1. The Morgan fingerprint density at radius 2 is 2.14 bits per heavy atom. The second kappa shape index (κ2) is 8.48. The SMILES string of the molecule is CCC(C)NC(=O)C1CSC2(CCN(C(=O)c3cccc([N+](=O)[O-])c3)CC2)N1. The average Bonchev–Trinajstić information content (AvgIpc) is 3.11. The number of nitro groups is 1. The number of rotatable bonds is 5. The zero-order valence-corrected chi connectivity index (χ0v) is 17.0. The maximum absolute atomic E-state index is 12.7. The summed E-state index contributed by atoms with van der Waals surface area (Å²) >= 11 is 1.75. The fourth-order valence-electron chi connectivity index (χ4n) is 3.53. The van der Waals surface area contributed by atoms with E-state index in [1.807, 2.05) is 13.8 Å². The van der Waals surface area contributed by atoms with Gasteiger partial charge in [0.2, 0.25) is 5.91 Å². The lowest BCUT2D eigenvalue weighted by molar-refractivity contribution is -0.384. The number of benzene rings is 1. The van der Waals surface area contributed by atoms with Crippen LogP contribution in [0.15, 0.2) is 24.3 Å². The first-order chi connectivity index (χ1) is 13.3. The van der Waals surface area contributed by atoms with Gasteiger partial charge in [0.15, 0.2) is 0 Å². The van der Waals surface area contributed by atoms with E-state index in [4.69, 9.17) is 0 Å². The summed E-state index contributed by atoms with van der Waals surface area (Å²) in [6.07, 6.45) is 2.38. The van der Waals surface area contributed by atoms with Gasteiger partial charge in [0.1, 0.15) is 0 Å². The van der Waals surface area contributed by atoms with Crippen molar-refractivity contribution in [3.05, 3.63) is 39.9 Å². The van der Waals surface area contributed by atoms with E-state index in [0.717, 1.165) is 25.0 Å². The third kappa shape index (κ3) is 4.47. The summed E-state index contributed by atoms with van der Waals surface area (Å²) in [5.74, 6) is 0.572. The Balaban J connectivity index is 1.57. The number of piperidine rings is 1. The zero-order chi connectivity index (χ0) is 20.3. The predicted molar refractivity (Wildman–Crippen MR) is 108 cm³/mol. The third-order valence-corrected chi connectivity index (χ3v) is 7.02. The molecule has 1 aromatic rings. The molecule has 152 valence electrons. The molecule has 1 aromatic carbocycles. The molecule has 28 heavy (non-hydrogen) atoms. The Morgan fingerprint density at radius 3 is 2.79 bits per heavy atom. The summed E-state index contributed by atoms with van der Waals surface area (Å²) in [4.78, 5) is 37.1. The first-order valence-corrected chi connectivity index (χ1v) is 10.6. The number of carbonyl (C=O) groups is 2. The van der Waals surface area contributed by atoms with Gasteiger partial charge < -0.3 is 10.2 Å². The molecule has 0 radical (unpaired) electrons. The van der Waals surface area contributed by atoms with E-state index in [1.165, 1.54) is 18.2 Å². The minimum absolute atomic E-state index is 0.0360. The summed E-state index contributed by atoms with van der Waals surface area (Å²) in [5.41, 5.74) is 0.255. The molecule has 1 spiro atoms. The lowest BCUT2D eigenvalue weighted by Gasteiger charge is -2.39. The highest BCUT2D eigenvalue weighted by Crippen LogP contribution is 2.39. The molecule has 0 saturated carbocycles. The monoisotopic (exact) mass is 406 g/mol. The van der Waals surface area contributed by atoms with Crippen molar-refractivity contribution in [1.82, 2.24) is 15.5 Å². The molecule has 0 aliphatic carbocycles. The standard InChI is InChI=1S/C19H26N4O4S/c1-3-13(2)20-17(24)16-12-28-19(21-16)7-9-22(10-8-19)18(25)14-5-4-6-15(11-14)23(26)27/h4-6,11,13,16,21H,3,7-10,12H2,1-2H3,(H,20,24). The molecule has 2 saturated heterocycles. The number of nitrogens with zero attached hydrogens (tertiary/aromatic N) is 2. The molecule has 2 aliphatic rings. The van der Waals surface area contributed by atoms with E-state index in [-0.39, 0.29) is 34.5 Å². The topological polar surface area (TPSA) is 105 Å². The quantitative estimate of drug-likeness (QED) is 0.573. The second-order valence-corrected chi connectivity index (χ2v) is 8.82. The van der Waals surface area contributed by atoms with Gasteiger partial charge in [-0.1, -0.05) is 13.0 Å². The maximum atomic E-state index is 12.7. The van der Waals surface area contributed by atoms with Gasteiger partial charge in [-0.05, 0) is 32.3 Å². The first kappa shape index (κ1) is 20.6. The molecule has 3 rings (SSSR count). The number of amides is 2. The largest absolute Gasteiger partial charge is 0.352 e. The van der Waals surface area contributed by atoms with Gasteiger partial charge in [0, 0.05) is 42.6 Å². The summed E-state index contributed by atoms with van der Waals surface area (Å²) in [5, 5.41) is 17.4. The molecular weight excluding hydrogens is 380 g/mol. The van der Waals surface area contributed by atoms with Crippen molar-refractivity contribution in [2.24, 2.45) is 0 Å². The van der Waals surface area contributed by atoms with Crippen molar-refractivity contribution >= 4 is 29.3 Å². The average molecular weight is 407 g/mol. The van der Waals surface area contributed by atoms with Crippen LogP contribution in [0.5, 0.6) is 0 Å². The predicted octanol–water partition coefficient (Wildman–Crippen LogP) is 2.15. The Hall–Kier alpha value is -2.13. The summed E-state index contributed by atoms with van der Waals surface area (Å²) in [6.45, 7) is 5.15. The van der Waals surface area contributed by atoms with Crippen LogP contribution < -0.4 is 10.6 Å². The van der Waals surface area contributed by atoms with E-state index in [0.29, 0.717) is 18.7 Å². The minimum Gasteiger partial charge on any atom is -0.352 e. The van der Waals surface area contributed by atoms with Gasteiger partial charge in [0.05, 0.1) is 15.8 Å². The van der Waals surface area contributed by atoms with Gasteiger partial charge >= 0.3 is 0 Å². The van der Waals surface area contributed by atoms with Crippen molar-refractivity contribution in [3.8, 4) is 0 Å². The van der Waals surface area contributed by atoms with Gasteiger partial charge in [-0.25, -0.2) is 0 Å². The van der Waals surface area contributed by atoms with E-state index < -0.39 is 4.92 Å². The van der Waals surface area contributed by atoms with Crippen LogP contribution in [-0.2, 0) is 4.79 Å². The number of hydrogen-bond acceptors (Lipinski definition) is 6. The van der Waals surface area contributed by atoms with Gasteiger partial charge in [-0.3, -0.25) is 25.0 Å². The number of hydrogen-bond donors (Lipinski definition) is 2. The lowest BCUT2D eigenvalue weighted by Crippen LogP contribution is -2.55. The summed E-state index contributed by atoms with van der Waals surface area (Å²) < 4.78 is 0. The third-order valence-electron chi connectivity index (χ3n) is 5.44. The van der Waals surface area contributed by atoms with Crippen LogP contribution in [0.2, 0.25) is 0 Å². The molecule has 0 bridgehead atoms. The van der Waals surface area contributed by atoms with Crippen LogP contribution in [0.1, 0.15) is 43.5 Å². The molecule has 2 unspecified atom stereocenters. The second-order valence-electron chi connectivity index (χ2n) is 7.42. The first-order valence-electron chi connectivity index (χ1n) is 9.59. The van der Waals surface area contributed by atoms with Crippen LogP contribution >= 0.6 is 11.8 Å². The Bertz CT molecular complexity index is 764. The smallest absolute Gasteiger partial charge is 0.270 e. The van der Waals surface area contributed by atoms with Crippen molar-refractivity contribution in [2.75, 3.05) is 18.8 Å². The van der Waals surface area contributed by atoms with E-state index in [9.17, 15) is 19.7 Å². The maximum Gasteiger partial charge on any atom is 0.270 e. The van der Waals surface area contributed by atoms with E-state index in [2.05, 4.69) is 10.6 Å². The molecule has 2 fully saturated rings. The summed E-state index contributed by atoms with van der Waals surface area (Å²) in [6, 6.07) is 5.79. The summed E-state index contributed by atoms with van der Waals surface area (Å²) in [7, 11) is 0. The van der Waals surface area contributed by atoms with E-state index in [1.54, 1.807) is 22.7 Å². The number of non-ortho nitro benzene ring substituents is 1. The fourth-order valence-corrected chi connectivity index (χ4v) is 4.94. The fraction of sp³-hybridized carbons (Fsp3) is 0.579. The van der Waals surface area contributed by atoms with Crippen LogP contribution in [0, 0.1) is 10.1 Å². The Morgan fingerprint density at radius 1 is 1.43 bits per heavy atom. The highest BCUT2D eigenvalue weighted by molar-refractivity contribution is 8.01. The molecule has 9 heteroatoms. The lowest BCUT2D eigenvalue weighted by atomic mass is 10.0. The van der Waals surface area contributed by atoms with Crippen molar-refractivity contribution < 1.29 is 14.5 Å². The number of likely N-dealkylation sites (tertiary alicyclic amines) is 1. The molecule has 2 atom stereocenters. The molecule has 8 nitrogen and oxygen atoms in total. The zero-order valence-electron chi connectivity index (χ0n) is 16.1. The Kier molecular flexibility index (Phi) is 6.24. The van der Waals surface area contributed by atoms with Crippen molar-refractivity contribution in [3.63, 3.8) is 0 Å². The van der Waals surface area contributed by atoms with Gasteiger partial charge in [-0.15, -0.1) is 11.8 Å². The van der Waals surface area contributed by atoms with Crippen molar-refractivity contribution in [1.29, 1.82) is 0 Å². The molecule has 2 N–H and O–H groups in total. The molecule has 2 amide bonds.